The maximum Gasteiger partial charge on any atom is 0.128 e. The summed E-state index contributed by atoms with van der Waals surface area (Å²) in [6.45, 7) is 21.6. The van der Waals surface area contributed by atoms with Crippen molar-refractivity contribution in [1.82, 2.24) is 9.78 Å². The highest BCUT2D eigenvalue weighted by Crippen LogP contribution is 2.31. The van der Waals surface area contributed by atoms with E-state index in [1.165, 1.54) is 5.69 Å². The Bertz CT molecular complexity index is 1180. The average molecular weight is 508 g/mol. The summed E-state index contributed by atoms with van der Waals surface area (Å²) in [5, 5.41) is 8.43. The molecule has 202 valence electrons. The minimum Gasteiger partial charge on any atom is -0.493 e. The van der Waals surface area contributed by atoms with E-state index in [0.717, 1.165) is 46.7 Å². The second kappa shape index (κ2) is 11.7. The zero-order valence-electron chi connectivity index (χ0n) is 24.3. The van der Waals surface area contributed by atoms with Crippen LogP contribution in [0.15, 0.2) is 42.5 Å². The second-order valence-corrected chi connectivity index (χ2v) is 12.6. The third-order valence-corrected chi connectivity index (χ3v) is 6.40. The predicted octanol–water partition coefficient (Wildman–Crippen LogP) is 8.26. The van der Waals surface area contributed by atoms with Crippen molar-refractivity contribution in [2.24, 2.45) is 5.92 Å². The van der Waals surface area contributed by atoms with Crippen LogP contribution in [-0.2, 0) is 30.3 Å². The predicted molar refractivity (Wildman–Crippen MR) is 153 cm³/mol. The van der Waals surface area contributed by atoms with Gasteiger partial charge in [-0.3, -0.25) is 4.68 Å². The van der Waals surface area contributed by atoms with Crippen molar-refractivity contribution in [1.29, 1.82) is 0 Å². The van der Waals surface area contributed by atoms with E-state index in [4.69, 9.17) is 9.84 Å². The van der Waals surface area contributed by atoms with Gasteiger partial charge in [0.25, 0.3) is 0 Å². The standard InChI is InChI=1S/C32H46FN3O/c1-10-11-24-13-14-26(17-27(24)33)34-19-23-12-15-28(37-21-22(2)3)25(16-23)20-36-30(32(7,8)9)18-29(35-36)31(4,5)6/h12-18,22,34H,10-11,19-21H2,1-9H3. The molecule has 0 spiro atoms. The van der Waals surface area contributed by atoms with Gasteiger partial charge in [-0.1, -0.05) is 80.9 Å². The first-order valence-corrected chi connectivity index (χ1v) is 13.6. The molecule has 0 amide bonds. The lowest BCUT2D eigenvalue weighted by Crippen LogP contribution is -2.19. The van der Waals surface area contributed by atoms with Crippen molar-refractivity contribution >= 4 is 5.69 Å². The Balaban J connectivity index is 1.90. The van der Waals surface area contributed by atoms with E-state index in [2.05, 4.69) is 96.6 Å². The topological polar surface area (TPSA) is 39.1 Å². The van der Waals surface area contributed by atoms with Gasteiger partial charge in [-0.2, -0.15) is 5.10 Å². The fourth-order valence-electron chi connectivity index (χ4n) is 4.27. The SMILES string of the molecule is CCCc1ccc(NCc2ccc(OCC(C)C)c(Cn3nc(C(C)(C)C)cc3C(C)(C)C)c2)cc1F. The highest BCUT2D eigenvalue weighted by Gasteiger charge is 2.26. The molecule has 0 bridgehead atoms. The van der Waals surface area contributed by atoms with Crippen LogP contribution in [-0.4, -0.2) is 16.4 Å². The molecular weight excluding hydrogens is 461 g/mol. The van der Waals surface area contributed by atoms with Gasteiger partial charge in [0, 0.05) is 34.3 Å². The molecule has 2 aromatic carbocycles. The third-order valence-electron chi connectivity index (χ3n) is 6.40. The molecule has 0 fully saturated rings. The number of benzene rings is 2. The van der Waals surface area contributed by atoms with Gasteiger partial charge in [-0.15, -0.1) is 0 Å². The number of nitrogens with one attached hydrogen (secondary N) is 1. The highest BCUT2D eigenvalue weighted by molar-refractivity contribution is 5.47. The van der Waals surface area contributed by atoms with Crippen LogP contribution in [0.3, 0.4) is 0 Å². The fourth-order valence-corrected chi connectivity index (χ4v) is 4.27. The summed E-state index contributed by atoms with van der Waals surface area (Å²) < 4.78 is 22.8. The molecule has 0 saturated carbocycles. The molecular formula is C32H46FN3O. The summed E-state index contributed by atoms with van der Waals surface area (Å²) in [5.41, 5.74) is 6.00. The van der Waals surface area contributed by atoms with Crippen molar-refractivity contribution in [3.8, 4) is 5.75 Å². The van der Waals surface area contributed by atoms with Crippen LogP contribution in [0, 0.1) is 11.7 Å². The van der Waals surface area contributed by atoms with E-state index >= 15 is 0 Å². The van der Waals surface area contributed by atoms with E-state index < -0.39 is 0 Å². The van der Waals surface area contributed by atoms with Crippen molar-refractivity contribution in [3.05, 3.63) is 76.4 Å². The summed E-state index contributed by atoms with van der Waals surface area (Å²) in [5.74, 6) is 1.18. The molecule has 0 aliphatic rings. The number of nitrogens with zero attached hydrogens (tertiary/aromatic N) is 2. The molecule has 0 aliphatic heterocycles. The van der Waals surface area contributed by atoms with Gasteiger partial charge < -0.3 is 10.1 Å². The van der Waals surface area contributed by atoms with Crippen LogP contribution in [0.5, 0.6) is 5.75 Å². The van der Waals surface area contributed by atoms with Gasteiger partial charge in [0.15, 0.2) is 0 Å². The molecule has 0 atom stereocenters. The summed E-state index contributed by atoms with van der Waals surface area (Å²) in [6.07, 6.45) is 1.69. The second-order valence-electron chi connectivity index (χ2n) is 12.6. The number of aryl methyl sites for hydroxylation is 1. The summed E-state index contributed by atoms with van der Waals surface area (Å²) in [6, 6.07) is 14.0. The molecule has 5 heteroatoms. The van der Waals surface area contributed by atoms with Gasteiger partial charge in [-0.25, -0.2) is 4.39 Å². The minimum absolute atomic E-state index is 0.0318. The molecule has 0 unspecified atom stereocenters. The van der Waals surface area contributed by atoms with Crippen LogP contribution in [0.2, 0.25) is 0 Å². The lowest BCUT2D eigenvalue weighted by molar-refractivity contribution is 0.267. The Hall–Kier alpha value is -2.82. The average Bonchev–Trinajstić information content (AvgIpc) is 3.24. The van der Waals surface area contributed by atoms with E-state index in [9.17, 15) is 4.39 Å². The number of ether oxygens (including phenoxy) is 1. The molecule has 1 N–H and O–H groups in total. The number of anilines is 1. The number of halogens is 1. The summed E-state index contributed by atoms with van der Waals surface area (Å²) in [4.78, 5) is 0. The first-order chi connectivity index (χ1) is 17.3. The van der Waals surface area contributed by atoms with E-state index in [1.807, 2.05) is 12.1 Å². The molecule has 0 saturated heterocycles. The van der Waals surface area contributed by atoms with Crippen LogP contribution in [0.25, 0.3) is 0 Å². The van der Waals surface area contributed by atoms with Crippen molar-refractivity contribution in [2.75, 3.05) is 11.9 Å². The van der Waals surface area contributed by atoms with Crippen molar-refractivity contribution in [3.63, 3.8) is 0 Å². The van der Waals surface area contributed by atoms with Gasteiger partial charge in [0.1, 0.15) is 11.6 Å². The lowest BCUT2D eigenvalue weighted by Gasteiger charge is -2.21. The fraction of sp³-hybridized carbons (Fsp3) is 0.531. The van der Waals surface area contributed by atoms with Gasteiger partial charge >= 0.3 is 0 Å². The van der Waals surface area contributed by atoms with Crippen LogP contribution >= 0.6 is 0 Å². The number of hydrogen-bond donors (Lipinski definition) is 1. The molecule has 1 aromatic heterocycles. The number of hydrogen-bond acceptors (Lipinski definition) is 3. The van der Waals surface area contributed by atoms with Gasteiger partial charge in [0.05, 0.1) is 18.8 Å². The normalized spacial score (nSPS) is 12.3. The maximum atomic E-state index is 14.4. The molecule has 37 heavy (non-hydrogen) atoms. The number of rotatable bonds is 10. The van der Waals surface area contributed by atoms with Crippen LogP contribution in [0.4, 0.5) is 10.1 Å². The summed E-state index contributed by atoms with van der Waals surface area (Å²) in [7, 11) is 0. The smallest absolute Gasteiger partial charge is 0.128 e. The van der Waals surface area contributed by atoms with E-state index in [1.54, 1.807) is 6.07 Å². The molecule has 0 aliphatic carbocycles. The quantitative estimate of drug-likeness (QED) is 0.300. The summed E-state index contributed by atoms with van der Waals surface area (Å²) >= 11 is 0. The molecule has 3 rings (SSSR count). The van der Waals surface area contributed by atoms with Gasteiger partial charge in [-0.05, 0) is 53.8 Å². The van der Waals surface area contributed by atoms with Crippen LogP contribution in [0.1, 0.15) is 96.8 Å². The zero-order valence-corrected chi connectivity index (χ0v) is 24.3. The highest BCUT2D eigenvalue weighted by atomic mass is 19.1. The van der Waals surface area contributed by atoms with Crippen molar-refractivity contribution < 1.29 is 9.13 Å². The third kappa shape index (κ3) is 7.83. The molecule has 1 heterocycles. The minimum atomic E-state index is -0.145. The first-order valence-electron chi connectivity index (χ1n) is 13.6. The van der Waals surface area contributed by atoms with Gasteiger partial charge in [0.2, 0.25) is 0 Å². The van der Waals surface area contributed by atoms with Crippen LogP contribution < -0.4 is 10.1 Å². The number of aromatic nitrogens is 2. The largest absolute Gasteiger partial charge is 0.493 e. The Morgan fingerprint density at radius 3 is 2.27 bits per heavy atom. The lowest BCUT2D eigenvalue weighted by atomic mass is 9.88. The molecule has 0 radical (unpaired) electrons. The maximum absolute atomic E-state index is 14.4. The van der Waals surface area contributed by atoms with E-state index in [0.29, 0.717) is 25.6 Å². The Kier molecular flexibility index (Phi) is 9.09. The Labute approximate surface area is 223 Å². The molecule has 3 aromatic rings. The Morgan fingerprint density at radius 2 is 1.68 bits per heavy atom. The van der Waals surface area contributed by atoms with E-state index in [-0.39, 0.29) is 16.6 Å². The first kappa shape index (κ1) is 28.7. The zero-order chi connectivity index (χ0) is 27.4. The molecule has 4 nitrogen and oxygen atoms in total. The monoisotopic (exact) mass is 507 g/mol. The Morgan fingerprint density at radius 1 is 0.946 bits per heavy atom. The van der Waals surface area contributed by atoms with Crippen molar-refractivity contribution in [2.45, 2.75) is 99.1 Å².